The molecule has 1 heterocycles. The summed E-state index contributed by atoms with van der Waals surface area (Å²) in [7, 11) is 0. The molecule has 0 aliphatic carbocycles. The second-order valence-electron chi connectivity index (χ2n) is 7.24. The van der Waals surface area contributed by atoms with Gasteiger partial charge in [-0.25, -0.2) is 4.39 Å². The van der Waals surface area contributed by atoms with Gasteiger partial charge >= 0.3 is 0 Å². The van der Waals surface area contributed by atoms with Crippen molar-refractivity contribution in [3.8, 4) is 5.75 Å². The molecule has 0 aliphatic rings. The Morgan fingerprint density at radius 3 is 2.66 bits per heavy atom. The number of amides is 1. The smallest absolute Gasteiger partial charge is 0.277 e. The van der Waals surface area contributed by atoms with Crippen molar-refractivity contribution < 1.29 is 18.3 Å². The number of aromatic nitrogens is 2. The van der Waals surface area contributed by atoms with Crippen molar-refractivity contribution in [3.63, 3.8) is 0 Å². The van der Waals surface area contributed by atoms with E-state index < -0.39 is 11.9 Å². The van der Waals surface area contributed by atoms with E-state index in [9.17, 15) is 9.18 Å². The summed E-state index contributed by atoms with van der Waals surface area (Å²) in [5.41, 5.74) is 1.06. The molecule has 3 aromatic carbocycles. The third-order valence-corrected chi connectivity index (χ3v) is 5.72. The van der Waals surface area contributed by atoms with E-state index in [0.29, 0.717) is 0 Å². The molecule has 0 radical (unpaired) electrons. The van der Waals surface area contributed by atoms with E-state index in [1.807, 2.05) is 49.4 Å². The molecule has 0 bridgehead atoms. The quantitative estimate of drug-likeness (QED) is 0.358. The summed E-state index contributed by atoms with van der Waals surface area (Å²) >= 11 is 1.14. The molecule has 1 N–H and O–H groups in total. The number of nitrogens with zero attached hydrogens (tertiary/aromatic N) is 2. The molecule has 4 rings (SSSR count). The zero-order valence-electron chi connectivity index (χ0n) is 17.6. The molecule has 0 fully saturated rings. The van der Waals surface area contributed by atoms with Crippen molar-refractivity contribution >= 4 is 28.4 Å². The first-order valence-electron chi connectivity index (χ1n) is 10.2. The van der Waals surface area contributed by atoms with Gasteiger partial charge in [0.05, 0.1) is 11.8 Å². The SMILES string of the molecule is C[C@@H](NC(=O)CSc1nnc([C@@H](C)Oc2ccccc2F)o1)c1cccc2ccccc12. The van der Waals surface area contributed by atoms with Crippen LogP contribution in [0.4, 0.5) is 4.39 Å². The second-order valence-corrected chi connectivity index (χ2v) is 8.17. The van der Waals surface area contributed by atoms with Crippen LogP contribution in [0.2, 0.25) is 0 Å². The molecule has 0 saturated heterocycles. The van der Waals surface area contributed by atoms with Gasteiger partial charge < -0.3 is 14.5 Å². The van der Waals surface area contributed by atoms with Crippen LogP contribution in [0.15, 0.2) is 76.4 Å². The summed E-state index contributed by atoms with van der Waals surface area (Å²) in [5.74, 6) is -0.176. The van der Waals surface area contributed by atoms with Gasteiger partial charge in [-0.3, -0.25) is 4.79 Å². The molecular weight excluding hydrogens is 429 g/mol. The average Bonchev–Trinajstić information content (AvgIpc) is 3.28. The number of halogens is 1. The molecule has 4 aromatic rings. The van der Waals surface area contributed by atoms with Crippen LogP contribution in [0.5, 0.6) is 5.75 Å². The Morgan fingerprint density at radius 2 is 1.81 bits per heavy atom. The lowest BCUT2D eigenvalue weighted by Gasteiger charge is -2.16. The zero-order valence-corrected chi connectivity index (χ0v) is 18.4. The van der Waals surface area contributed by atoms with Crippen LogP contribution in [-0.4, -0.2) is 21.9 Å². The van der Waals surface area contributed by atoms with Crippen LogP contribution in [0, 0.1) is 5.82 Å². The maximum atomic E-state index is 13.8. The average molecular weight is 452 g/mol. The lowest BCUT2D eigenvalue weighted by Crippen LogP contribution is -2.28. The van der Waals surface area contributed by atoms with Crippen molar-refractivity contribution in [1.29, 1.82) is 0 Å². The summed E-state index contributed by atoms with van der Waals surface area (Å²) in [6, 6.07) is 20.1. The van der Waals surface area contributed by atoms with Crippen LogP contribution in [0.1, 0.15) is 37.4 Å². The van der Waals surface area contributed by atoms with Crippen LogP contribution in [0.3, 0.4) is 0 Å². The minimum atomic E-state index is -0.631. The number of fused-ring (bicyclic) bond motifs is 1. The monoisotopic (exact) mass is 451 g/mol. The number of rotatable bonds is 8. The summed E-state index contributed by atoms with van der Waals surface area (Å²) < 4.78 is 24.9. The van der Waals surface area contributed by atoms with Crippen LogP contribution in [0.25, 0.3) is 10.8 Å². The first-order valence-corrected chi connectivity index (χ1v) is 11.1. The maximum Gasteiger partial charge on any atom is 0.277 e. The Bertz CT molecular complexity index is 1220. The van der Waals surface area contributed by atoms with Crippen LogP contribution in [-0.2, 0) is 4.79 Å². The highest BCUT2D eigenvalue weighted by Gasteiger charge is 2.19. The van der Waals surface area contributed by atoms with Gasteiger partial charge in [-0.15, -0.1) is 10.2 Å². The summed E-state index contributed by atoms with van der Waals surface area (Å²) in [5, 5.41) is 13.4. The van der Waals surface area contributed by atoms with Crippen molar-refractivity contribution in [1.82, 2.24) is 15.5 Å². The standard InChI is InChI=1S/C24H22FN3O3S/c1-15(18-11-7-9-17-8-3-4-10-19(17)18)26-22(29)14-32-24-28-27-23(31-24)16(2)30-21-13-6-5-12-20(21)25/h3-13,15-16H,14H2,1-2H3,(H,26,29)/t15-,16-/m1/s1. The number of carbonyl (C=O) groups excluding carboxylic acids is 1. The lowest BCUT2D eigenvalue weighted by molar-refractivity contribution is -0.119. The molecular formula is C24H22FN3O3S. The van der Waals surface area contributed by atoms with Gasteiger partial charge in [0.1, 0.15) is 0 Å². The minimum Gasteiger partial charge on any atom is -0.478 e. The van der Waals surface area contributed by atoms with Crippen molar-refractivity contribution in [2.24, 2.45) is 0 Å². The lowest BCUT2D eigenvalue weighted by atomic mass is 10.00. The molecule has 0 spiro atoms. The second kappa shape index (κ2) is 9.82. The molecule has 2 atom stereocenters. The third-order valence-electron chi connectivity index (χ3n) is 4.90. The highest BCUT2D eigenvalue weighted by Crippen LogP contribution is 2.26. The number of nitrogens with one attached hydrogen (secondary N) is 1. The van der Waals surface area contributed by atoms with Crippen molar-refractivity contribution in [2.45, 2.75) is 31.2 Å². The fourth-order valence-electron chi connectivity index (χ4n) is 3.34. The molecule has 32 heavy (non-hydrogen) atoms. The molecule has 0 unspecified atom stereocenters. The van der Waals surface area contributed by atoms with Gasteiger partial charge in [0.2, 0.25) is 5.91 Å². The van der Waals surface area contributed by atoms with E-state index in [1.54, 1.807) is 19.1 Å². The number of thioether (sulfide) groups is 1. The third kappa shape index (κ3) is 5.08. The number of ether oxygens (including phenoxy) is 1. The minimum absolute atomic E-state index is 0.106. The zero-order chi connectivity index (χ0) is 22.5. The summed E-state index contributed by atoms with van der Waals surface area (Å²) in [4.78, 5) is 12.5. The van der Waals surface area contributed by atoms with E-state index >= 15 is 0 Å². The Hall–Kier alpha value is -3.39. The Labute approximate surface area is 189 Å². The topological polar surface area (TPSA) is 77.2 Å². The normalized spacial score (nSPS) is 13.0. The van der Waals surface area contributed by atoms with Gasteiger partial charge in [-0.1, -0.05) is 66.4 Å². The molecule has 1 amide bonds. The van der Waals surface area contributed by atoms with Gasteiger partial charge in [0.25, 0.3) is 11.1 Å². The van der Waals surface area contributed by atoms with E-state index in [2.05, 4.69) is 15.5 Å². The number of hydrogen-bond donors (Lipinski definition) is 1. The predicted molar refractivity (Wildman–Crippen MR) is 121 cm³/mol. The van der Waals surface area contributed by atoms with Gasteiger partial charge in [-0.2, -0.15) is 0 Å². The predicted octanol–water partition coefficient (Wildman–Crippen LogP) is 5.47. The largest absolute Gasteiger partial charge is 0.478 e. The highest BCUT2D eigenvalue weighted by atomic mass is 32.2. The van der Waals surface area contributed by atoms with E-state index in [1.165, 1.54) is 12.1 Å². The fourth-order valence-corrected chi connectivity index (χ4v) is 3.92. The highest BCUT2D eigenvalue weighted by molar-refractivity contribution is 7.99. The summed E-state index contributed by atoms with van der Waals surface area (Å²) in [6.45, 7) is 3.64. The first kappa shape index (κ1) is 21.8. The van der Waals surface area contributed by atoms with E-state index in [0.717, 1.165) is 28.1 Å². The van der Waals surface area contributed by atoms with Crippen LogP contribution < -0.4 is 10.1 Å². The fraction of sp³-hybridized carbons (Fsp3) is 0.208. The molecule has 6 nitrogen and oxygen atoms in total. The van der Waals surface area contributed by atoms with Gasteiger partial charge in [0.15, 0.2) is 17.7 Å². The van der Waals surface area contributed by atoms with Crippen molar-refractivity contribution in [3.05, 3.63) is 84.0 Å². The number of carbonyl (C=O) groups is 1. The molecule has 8 heteroatoms. The first-order chi connectivity index (χ1) is 15.5. The Balaban J connectivity index is 1.32. The van der Waals surface area contributed by atoms with E-state index in [-0.39, 0.29) is 34.6 Å². The maximum absolute atomic E-state index is 13.8. The van der Waals surface area contributed by atoms with Gasteiger partial charge in [0, 0.05) is 0 Å². The van der Waals surface area contributed by atoms with E-state index in [4.69, 9.17) is 9.15 Å². The van der Waals surface area contributed by atoms with Gasteiger partial charge in [-0.05, 0) is 42.3 Å². The summed E-state index contributed by atoms with van der Waals surface area (Å²) in [6.07, 6.45) is -0.631. The molecule has 0 aliphatic heterocycles. The van der Waals surface area contributed by atoms with Crippen LogP contribution >= 0.6 is 11.8 Å². The molecule has 164 valence electrons. The molecule has 0 saturated carbocycles. The molecule has 1 aromatic heterocycles. The Morgan fingerprint density at radius 1 is 1.06 bits per heavy atom. The number of hydrogen-bond acceptors (Lipinski definition) is 6. The number of para-hydroxylation sites is 1. The van der Waals surface area contributed by atoms with Crippen molar-refractivity contribution in [2.75, 3.05) is 5.75 Å². The number of benzene rings is 3. The Kier molecular flexibility index (Phi) is 6.70.